The lowest BCUT2D eigenvalue weighted by atomic mass is 10.2. The summed E-state index contributed by atoms with van der Waals surface area (Å²) in [5.41, 5.74) is 1.62. The van der Waals surface area contributed by atoms with Gasteiger partial charge in [-0.3, -0.25) is 14.5 Å². The van der Waals surface area contributed by atoms with E-state index in [2.05, 4.69) is 20.8 Å². The Morgan fingerprint density at radius 1 is 1.09 bits per heavy atom. The molecule has 2 aromatic carbocycles. The number of amides is 2. The molecule has 0 aliphatic heterocycles. The molecule has 0 bridgehead atoms. The van der Waals surface area contributed by atoms with Gasteiger partial charge >= 0.3 is 0 Å². The van der Waals surface area contributed by atoms with Crippen LogP contribution in [0.15, 0.2) is 58.2 Å². The number of benzene rings is 2. The minimum Gasteiger partial charge on any atom is -0.495 e. The Labute approximate surface area is 196 Å². The number of para-hydroxylation sites is 2. The third-order valence-corrected chi connectivity index (χ3v) is 5.65. The molecule has 3 aromatic rings. The average Bonchev–Trinajstić information content (AvgIpc) is 3.27. The van der Waals surface area contributed by atoms with Crippen LogP contribution in [0.4, 0.5) is 11.4 Å². The highest BCUT2D eigenvalue weighted by Crippen LogP contribution is 2.25. The van der Waals surface area contributed by atoms with Crippen LogP contribution in [0.3, 0.4) is 0 Å². The molecule has 0 unspecified atom stereocenters. The van der Waals surface area contributed by atoms with Gasteiger partial charge in [-0.1, -0.05) is 30.8 Å². The molecule has 0 aliphatic carbocycles. The summed E-state index contributed by atoms with van der Waals surface area (Å²) in [6.45, 7) is 2.04. The molecule has 174 valence electrons. The molecule has 0 saturated carbocycles. The Morgan fingerprint density at radius 2 is 1.82 bits per heavy atom. The second-order valence-electron chi connectivity index (χ2n) is 7.36. The first-order valence-electron chi connectivity index (χ1n) is 10.4. The van der Waals surface area contributed by atoms with Crippen LogP contribution in [0.2, 0.25) is 0 Å². The molecule has 1 heterocycles. The van der Waals surface area contributed by atoms with Gasteiger partial charge in [0.1, 0.15) is 5.75 Å². The summed E-state index contributed by atoms with van der Waals surface area (Å²) in [6.07, 6.45) is 0.840. The molecule has 9 nitrogen and oxygen atoms in total. The van der Waals surface area contributed by atoms with Gasteiger partial charge < -0.3 is 19.8 Å². The minimum absolute atomic E-state index is 0.0411. The van der Waals surface area contributed by atoms with Crippen molar-refractivity contribution in [3.8, 4) is 5.75 Å². The van der Waals surface area contributed by atoms with Crippen molar-refractivity contribution in [2.24, 2.45) is 0 Å². The minimum atomic E-state index is -0.275. The molecule has 2 amide bonds. The van der Waals surface area contributed by atoms with Gasteiger partial charge in [0.2, 0.25) is 11.8 Å². The van der Waals surface area contributed by atoms with Gasteiger partial charge in [0.25, 0.3) is 11.1 Å². The maximum absolute atomic E-state index is 12.5. The van der Waals surface area contributed by atoms with Crippen LogP contribution in [0.5, 0.6) is 5.75 Å². The normalized spacial score (nSPS) is 11.8. The summed E-state index contributed by atoms with van der Waals surface area (Å²) in [5.74, 6) is 0.741. The Hall–Kier alpha value is -3.37. The zero-order valence-corrected chi connectivity index (χ0v) is 19.8. The van der Waals surface area contributed by atoms with Gasteiger partial charge in [0.05, 0.1) is 24.6 Å². The first-order valence-corrected chi connectivity index (χ1v) is 11.4. The molecule has 3 rings (SSSR count). The predicted molar refractivity (Wildman–Crippen MR) is 128 cm³/mol. The number of ether oxygens (including phenoxy) is 1. The topological polar surface area (TPSA) is 110 Å². The summed E-state index contributed by atoms with van der Waals surface area (Å²) in [7, 11) is 5.45. The fraction of sp³-hybridized carbons (Fsp3) is 0.304. The lowest BCUT2D eigenvalue weighted by molar-refractivity contribution is -0.113. The summed E-state index contributed by atoms with van der Waals surface area (Å²) in [6, 6.07) is 13.8. The number of methoxy groups -OCH3 is 1. The monoisotopic (exact) mass is 469 g/mol. The molecule has 0 radical (unpaired) electrons. The third-order valence-electron chi connectivity index (χ3n) is 4.83. The highest BCUT2D eigenvalue weighted by atomic mass is 32.2. The van der Waals surface area contributed by atoms with E-state index in [4.69, 9.17) is 9.15 Å². The maximum Gasteiger partial charge on any atom is 0.277 e. The van der Waals surface area contributed by atoms with Crippen molar-refractivity contribution in [1.29, 1.82) is 0 Å². The lowest BCUT2D eigenvalue weighted by Crippen LogP contribution is -2.19. The van der Waals surface area contributed by atoms with Gasteiger partial charge in [0.15, 0.2) is 0 Å². The van der Waals surface area contributed by atoms with Crippen LogP contribution in [-0.4, -0.2) is 53.9 Å². The summed E-state index contributed by atoms with van der Waals surface area (Å²) in [4.78, 5) is 26.8. The number of carbonyl (C=O) groups is 2. The number of rotatable bonds is 10. The second-order valence-corrected chi connectivity index (χ2v) is 8.29. The van der Waals surface area contributed by atoms with E-state index in [-0.39, 0.29) is 23.6 Å². The van der Waals surface area contributed by atoms with E-state index in [9.17, 15) is 9.59 Å². The molecular formula is C23H27N5O4S. The number of hydrogen-bond acceptors (Lipinski definition) is 8. The molecule has 0 aliphatic rings. The molecule has 2 N–H and O–H groups in total. The molecule has 33 heavy (non-hydrogen) atoms. The first kappa shape index (κ1) is 24.3. The quantitative estimate of drug-likeness (QED) is 0.428. The Morgan fingerprint density at radius 3 is 2.48 bits per heavy atom. The SMILES string of the molecule is CC[C@H](c1nnc(SCC(=O)Nc2ccc(C(=O)Nc3ccccc3OC)cc2)o1)N(C)C. The van der Waals surface area contributed by atoms with Crippen molar-refractivity contribution >= 4 is 35.0 Å². The van der Waals surface area contributed by atoms with E-state index in [1.54, 1.807) is 43.5 Å². The second kappa shape index (κ2) is 11.5. The van der Waals surface area contributed by atoms with Gasteiger partial charge in [-0.15, -0.1) is 10.2 Å². The molecule has 0 saturated heterocycles. The van der Waals surface area contributed by atoms with Crippen molar-refractivity contribution < 1.29 is 18.7 Å². The van der Waals surface area contributed by atoms with Gasteiger partial charge in [0, 0.05) is 11.3 Å². The van der Waals surface area contributed by atoms with Gasteiger partial charge in [-0.25, -0.2) is 0 Å². The highest BCUT2D eigenvalue weighted by Gasteiger charge is 2.19. The summed E-state index contributed by atoms with van der Waals surface area (Å²) >= 11 is 1.17. The van der Waals surface area contributed by atoms with E-state index < -0.39 is 0 Å². The van der Waals surface area contributed by atoms with E-state index in [1.807, 2.05) is 38.1 Å². The van der Waals surface area contributed by atoms with Crippen LogP contribution in [-0.2, 0) is 4.79 Å². The van der Waals surface area contributed by atoms with E-state index in [0.717, 1.165) is 6.42 Å². The van der Waals surface area contributed by atoms with Crippen LogP contribution in [0.1, 0.15) is 35.6 Å². The van der Waals surface area contributed by atoms with Crippen LogP contribution in [0, 0.1) is 0 Å². The van der Waals surface area contributed by atoms with E-state index in [0.29, 0.717) is 33.8 Å². The molecular weight excluding hydrogens is 442 g/mol. The van der Waals surface area contributed by atoms with E-state index in [1.165, 1.54) is 11.8 Å². The van der Waals surface area contributed by atoms with Crippen LogP contribution in [0.25, 0.3) is 0 Å². The molecule has 1 aromatic heterocycles. The maximum atomic E-state index is 12.5. The average molecular weight is 470 g/mol. The van der Waals surface area contributed by atoms with Crippen molar-refractivity contribution in [3.05, 3.63) is 60.0 Å². The number of thioether (sulfide) groups is 1. The largest absolute Gasteiger partial charge is 0.495 e. The highest BCUT2D eigenvalue weighted by molar-refractivity contribution is 7.99. The van der Waals surface area contributed by atoms with Gasteiger partial charge in [-0.2, -0.15) is 0 Å². The van der Waals surface area contributed by atoms with Crippen molar-refractivity contribution in [1.82, 2.24) is 15.1 Å². The fourth-order valence-corrected chi connectivity index (χ4v) is 3.72. The van der Waals surface area contributed by atoms with Gasteiger partial charge in [-0.05, 0) is 56.9 Å². The van der Waals surface area contributed by atoms with Crippen LogP contribution < -0.4 is 15.4 Å². The fourth-order valence-electron chi connectivity index (χ4n) is 3.15. The van der Waals surface area contributed by atoms with E-state index >= 15 is 0 Å². The van der Waals surface area contributed by atoms with Crippen molar-refractivity contribution in [2.45, 2.75) is 24.6 Å². The molecule has 0 fully saturated rings. The standard InChI is InChI=1S/C23H27N5O4S/c1-5-18(28(2)3)22-26-27-23(32-22)33-14-20(29)24-16-12-10-15(11-13-16)21(30)25-17-8-6-7-9-19(17)31-4/h6-13,18H,5,14H2,1-4H3,(H,24,29)(H,25,30)/t18-/m1/s1. The Bertz CT molecular complexity index is 1080. The van der Waals surface area contributed by atoms with Crippen molar-refractivity contribution in [3.63, 3.8) is 0 Å². The number of carbonyl (C=O) groups excluding carboxylic acids is 2. The Balaban J connectivity index is 1.52. The lowest BCUT2D eigenvalue weighted by Gasteiger charge is -2.18. The number of nitrogens with zero attached hydrogens (tertiary/aromatic N) is 3. The molecule has 1 atom stereocenters. The number of anilines is 2. The zero-order chi connectivity index (χ0) is 23.8. The number of hydrogen-bond donors (Lipinski definition) is 2. The van der Waals surface area contributed by atoms with Crippen molar-refractivity contribution in [2.75, 3.05) is 37.6 Å². The summed E-state index contributed by atoms with van der Waals surface area (Å²) in [5, 5.41) is 14.1. The smallest absolute Gasteiger partial charge is 0.277 e. The number of nitrogens with one attached hydrogen (secondary N) is 2. The summed E-state index contributed by atoms with van der Waals surface area (Å²) < 4.78 is 10.9. The Kier molecular flexibility index (Phi) is 8.45. The predicted octanol–water partition coefficient (Wildman–Crippen LogP) is 4.07. The molecule has 0 spiro atoms. The molecule has 10 heteroatoms. The third kappa shape index (κ3) is 6.56. The number of aromatic nitrogens is 2. The van der Waals surface area contributed by atoms with Crippen LogP contribution >= 0.6 is 11.8 Å². The zero-order valence-electron chi connectivity index (χ0n) is 19.0. The first-order chi connectivity index (χ1) is 15.9.